The first kappa shape index (κ1) is 8.17. The second kappa shape index (κ2) is 3.52. The third-order valence-electron chi connectivity index (χ3n) is 2.74. The van der Waals surface area contributed by atoms with E-state index in [2.05, 4.69) is 9.89 Å². The third kappa shape index (κ3) is 1.51. The van der Waals surface area contributed by atoms with Crippen molar-refractivity contribution in [3.8, 4) is 0 Å². The predicted octanol–water partition coefficient (Wildman–Crippen LogP) is 1.99. The maximum Gasteiger partial charge on any atom is 0.195 e. The van der Waals surface area contributed by atoms with Crippen LogP contribution in [0.4, 0.5) is 0 Å². The van der Waals surface area contributed by atoms with Gasteiger partial charge in [-0.2, -0.15) is 0 Å². The fourth-order valence-corrected chi connectivity index (χ4v) is 2.36. The number of hydrogen-bond acceptors (Lipinski definition) is 1. The smallest absolute Gasteiger partial charge is 0.195 e. The molecule has 0 spiro atoms. The van der Waals surface area contributed by atoms with Crippen molar-refractivity contribution in [2.75, 3.05) is 6.54 Å². The van der Waals surface area contributed by atoms with Gasteiger partial charge in [-0.1, -0.05) is 19.3 Å². The van der Waals surface area contributed by atoms with Crippen LogP contribution in [0.1, 0.15) is 32.1 Å². The quantitative estimate of drug-likeness (QED) is 0.576. The van der Waals surface area contributed by atoms with E-state index in [4.69, 9.17) is 12.2 Å². The highest BCUT2D eigenvalue weighted by Gasteiger charge is 2.24. The highest BCUT2D eigenvalue weighted by molar-refractivity contribution is 7.80. The Kier molecular flexibility index (Phi) is 2.40. The lowest BCUT2D eigenvalue weighted by Crippen LogP contribution is -2.37. The van der Waals surface area contributed by atoms with Crippen molar-refractivity contribution in [1.82, 2.24) is 4.90 Å². The molecule has 12 heavy (non-hydrogen) atoms. The van der Waals surface area contributed by atoms with Crippen LogP contribution >= 0.6 is 12.2 Å². The first-order valence-electron chi connectivity index (χ1n) is 4.71. The maximum atomic E-state index is 5.15. The summed E-state index contributed by atoms with van der Waals surface area (Å²) in [5.74, 6) is 0. The first-order valence-corrected chi connectivity index (χ1v) is 5.12. The molecule has 0 aromatic heterocycles. The zero-order valence-electron chi connectivity index (χ0n) is 7.20. The molecule has 0 aromatic rings. The molecule has 3 heteroatoms. The standard InChI is InChI=1S/C9H14N2S/c12-9-10-6-7-11(9)8-4-2-1-3-5-8/h6,8H,1-5,7H2. The molecule has 2 nitrogen and oxygen atoms in total. The van der Waals surface area contributed by atoms with Crippen LogP contribution in [0.5, 0.6) is 0 Å². The molecule has 1 aliphatic heterocycles. The van der Waals surface area contributed by atoms with Gasteiger partial charge in [0.25, 0.3) is 0 Å². The summed E-state index contributed by atoms with van der Waals surface area (Å²) < 4.78 is 0. The molecular formula is C9H14N2S. The summed E-state index contributed by atoms with van der Waals surface area (Å²) in [5.41, 5.74) is 0. The van der Waals surface area contributed by atoms with Gasteiger partial charge in [0.05, 0.1) is 6.54 Å². The third-order valence-corrected chi connectivity index (χ3v) is 3.08. The zero-order valence-corrected chi connectivity index (χ0v) is 8.02. The van der Waals surface area contributed by atoms with Gasteiger partial charge in [0.2, 0.25) is 0 Å². The summed E-state index contributed by atoms with van der Waals surface area (Å²) in [6.07, 6.45) is 8.68. The van der Waals surface area contributed by atoms with E-state index in [9.17, 15) is 0 Å². The minimum Gasteiger partial charge on any atom is -0.339 e. The van der Waals surface area contributed by atoms with Crippen molar-refractivity contribution >= 4 is 23.5 Å². The van der Waals surface area contributed by atoms with E-state index in [1.807, 2.05) is 6.21 Å². The average Bonchev–Trinajstić information content (AvgIpc) is 2.53. The van der Waals surface area contributed by atoms with E-state index in [0.717, 1.165) is 11.7 Å². The molecule has 1 heterocycles. The van der Waals surface area contributed by atoms with Crippen molar-refractivity contribution in [3.05, 3.63) is 0 Å². The number of nitrogens with zero attached hydrogens (tertiary/aromatic N) is 2. The fourth-order valence-electron chi connectivity index (χ4n) is 2.06. The highest BCUT2D eigenvalue weighted by Crippen LogP contribution is 2.23. The molecule has 1 fully saturated rings. The minimum absolute atomic E-state index is 0.689. The van der Waals surface area contributed by atoms with Crippen molar-refractivity contribution in [1.29, 1.82) is 0 Å². The van der Waals surface area contributed by atoms with E-state index in [1.165, 1.54) is 32.1 Å². The summed E-state index contributed by atoms with van der Waals surface area (Å²) in [6, 6.07) is 0.689. The number of rotatable bonds is 1. The molecule has 0 atom stereocenters. The Balaban J connectivity index is 1.95. The summed E-state index contributed by atoms with van der Waals surface area (Å²) in [6.45, 7) is 0.948. The predicted molar refractivity (Wildman–Crippen MR) is 54.7 cm³/mol. The van der Waals surface area contributed by atoms with Gasteiger partial charge in [0, 0.05) is 12.3 Å². The van der Waals surface area contributed by atoms with Crippen LogP contribution in [0.25, 0.3) is 0 Å². The summed E-state index contributed by atoms with van der Waals surface area (Å²) in [7, 11) is 0. The van der Waals surface area contributed by atoms with E-state index in [-0.39, 0.29) is 0 Å². The minimum atomic E-state index is 0.689. The highest BCUT2D eigenvalue weighted by atomic mass is 32.1. The molecule has 0 amide bonds. The van der Waals surface area contributed by atoms with Crippen LogP contribution in [0.15, 0.2) is 4.99 Å². The molecule has 1 saturated carbocycles. The van der Waals surface area contributed by atoms with Crippen molar-refractivity contribution < 1.29 is 0 Å². The molecule has 0 saturated heterocycles. The maximum absolute atomic E-state index is 5.15. The Labute approximate surface area is 78.7 Å². The van der Waals surface area contributed by atoms with Gasteiger partial charge in [-0.25, -0.2) is 4.99 Å². The van der Waals surface area contributed by atoms with Crippen LogP contribution in [-0.4, -0.2) is 28.8 Å². The largest absolute Gasteiger partial charge is 0.339 e. The Morgan fingerprint density at radius 3 is 2.67 bits per heavy atom. The normalized spacial score (nSPS) is 25.3. The Bertz CT molecular complexity index is 207. The van der Waals surface area contributed by atoms with E-state index >= 15 is 0 Å². The van der Waals surface area contributed by atoms with E-state index in [0.29, 0.717) is 6.04 Å². The van der Waals surface area contributed by atoms with Gasteiger partial charge in [0.15, 0.2) is 5.11 Å². The Morgan fingerprint density at radius 1 is 1.33 bits per heavy atom. The monoisotopic (exact) mass is 182 g/mol. The molecular weight excluding hydrogens is 168 g/mol. The lowest BCUT2D eigenvalue weighted by atomic mass is 9.94. The van der Waals surface area contributed by atoms with Crippen LogP contribution in [0, 0.1) is 0 Å². The van der Waals surface area contributed by atoms with Crippen LogP contribution in [0.3, 0.4) is 0 Å². The van der Waals surface area contributed by atoms with Gasteiger partial charge in [-0.05, 0) is 25.1 Å². The van der Waals surface area contributed by atoms with E-state index in [1.54, 1.807) is 0 Å². The van der Waals surface area contributed by atoms with Gasteiger partial charge >= 0.3 is 0 Å². The lowest BCUT2D eigenvalue weighted by molar-refractivity contribution is 0.273. The van der Waals surface area contributed by atoms with Crippen LogP contribution in [0.2, 0.25) is 0 Å². The second-order valence-corrected chi connectivity index (χ2v) is 3.90. The molecule has 1 aliphatic carbocycles. The van der Waals surface area contributed by atoms with Gasteiger partial charge in [-0.3, -0.25) is 0 Å². The second-order valence-electron chi connectivity index (χ2n) is 3.54. The topological polar surface area (TPSA) is 15.6 Å². The fraction of sp³-hybridized carbons (Fsp3) is 0.778. The number of aliphatic imine (C=N–C) groups is 1. The van der Waals surface area contributed by atoms with Crippen molar-refractivity contribution in [3.63, 3.8) is 0 Å². The molecule has 2 aliphatic rings. The molecule has 0 N–H and O–H groups in total. The Hall–Kier alpha value is -0.440. The van der Waals surface area contributed by atoms with Gasteiger partial charge < -0.3 is 4.90 Å². The summed E-state index contributed by atoms with van der Waals surface area (Å²) in [5, 5.41) is 0.807. The zero-order chi connectivity index (χ0) is 8.39. The van der Waals surface area contributed by atoms with Gasteiger partial charge in [-0.15, -0.1) is 0 Å². The molecule has 2 rings (SSSR count). The summed E-state index contributed by atoms with van der Waals surface area (Å²) in [4.78, 5) is 6.40. The average molecular weight is 182 g/mol. The van der Waals surface area contributed by atoms with Crippen LogP contribution < -0.4 is 0 Å². The molecule has 0 radical (unpaired) electrons. The lowest BCUT2D eigenvalue weighted by Gasteiger charge is -2.31. The molecule has 66 valence electrons. The van der Waals surface area contributed by atoms with Crippen LogP contribution in [-0.2, 0) is 0 Å². The summed E-state index contributed by atoms with van der Waals surface area (Å²) >= 11 is 5.15. The Morgan fingerprint density at radius 2 is 2.08 bits per heavy atom. The van der Waals surface area contributed by atoms with E-state index < -0.39 is 0 Å². The molecule has 0 unspecified atom stereocenters. The van der Waals surface area contributed by atoms with Crippen molar-refractivity contribution in [2.45, 2.75) is 38.1 Å². The molecule has 0 aromatic carbocycles. The molecule has 0 bridgehead atoms. The van der Waals surface area contributed by atoms with Gasteiger partial charge in [0.1, 0.15) is 0 Å². The van der Waals surface area contributed by atoms with Crippen molar-refractivity contribution in [2.24, 2.45) is 4.99 Å². The first-order chi connectivity index (χ1) is 5.88. The SMILES string of the molecule is S=C1N=CCN1C1CCCCC1. The number of hydrogen-bond donors (Lipinski definition) is 0. The number of thiocarbonyl (C=S) groups is 1.